The highest BCUT2D eigenvalue weighted by atomic mass is 35.5. The first-order valence-corrected chi connectivity index (χ1v) is 12.9. The van der Waals surface area contributed by atoms with Gasteiger partial charge in [-0.3, -0.25) is 0 Å². The minimum Gasteiger partial charge on any atom is -0.494 e. The molecular weight excluding hydrogens is 507 g/mol. The van der Waals surface area contributed by atoms with E-state index in [1.54, 1.807) is 12.1 Å². The SMILES string of the molecule is CCOc1ccc(Cc2cc([C@@H]3O[C@H](CO)[C@@H](O)[C@H](O)[C@H]3O)c(OCCCC3(F)COC3)cc2Cl)cc1. The van der Waals surface area contributed by atoms with E-state index < -0.39 is 42.8 Å². The van der Waals surface area contributed by atoms with Gasteiger partial charge in [-0.2, -0.15) is 0 Å². The van der Waals surface area contributed by atoms with Crippen molar-refractivity contribution >= 4 is 11.6 Å². The summed E-state index contributed by atoms with van der Waals surface area (Å²) in [5.74, 6) is 1.06. The molecule has 2 fully saturated rings. The van der Waals surface area contributed by atoms with Crippen molar-refractivity contribution in [2.45, 2.75) is 62.4 Å². The Kier molecular flexibility index (Phi) is 9.29. The van der Waals surface area contributed by atoms with Crippen LogP contribution in [0.3, 0.4) is 0 Å². The van der Waals surface area contributed by atoms with Crippen LogP contribution in [0.1, 0.15) is 42.6 Å². The lowest BCUT2D eigenvalue weighted by atomic mass is 9.89. The molecule has 4 N–H and O–H groups in total. The van der Waals surface area contributed by atoms with Gasteiger partial charge in [0.25, 0.3) is 0 Å². The van der Waals surface area contributed by atoms with Crippen LogP contribution in [0.2, 0.25) is 5.02 Å². The highest BCUT2D eigenvalue weighted by molar-refractivity contribution is 6.31. The van der Waals surface area contributed by atoms with Crippen LogP contribution in [-0.2, 0) is 15.9 Å². The summed E-state index contributed by atoms with van der Waals surface area (Å²) in [7, 11) is 0. The van der Waals surface area contributed by atoms with Gasteiger partial charge in [0.1, 0.15) is 42.0 Å². The Labute approximate surface area is 220 Å². The van der Waals surface area contributed by atoms with E-state index in [-0.39, 0.29) is 26.2 Å². The summed E-state index contributed by atoms with van der Waals surface area (Å²) in [5, 5.41) is 41.4. The molecule has 2 aromatic rings. The molecule has 2 aromatic carbocycles. The zero-order valence-corrected chi connectivity index (χ0v) is 21.4. The molecule has 204 valence electrons. The van der Waals surface area contributed by atoms with Crippen molar-refractivity contribution in [2.24, 2.45) is 0 Å². The largest absolute Gasteiger partial charge is 0.494 e. The Morgan fingerprint density at radius 2 is 1.78 bits per heavy atom. The average Bonchev–Trinajstić information content (AvgIpc) is 2.87. The standard InChI is InChI=1S/C27H34ClFO8/c1-2-35-18-6-4-16(5-7-18)10-17-11-19(26-25(33)24(32)23(31)22(13-30)37-26)21(12-20(17)28)36-9-3-8-27(29)14-34-15-27/h4-7,11-12,22-26,30-33H,2-3,8-10,13-15H2,1H3/t22-,23-,24+,25-,26+/m1/s1. The van der Waals surface area contributed by atoms with Crippen molar-refractivity contribution in [3.05, 3.63) is 58.1 Å². The van der Waals surface area contributed by atoms with Crippen LogP contribution >= 0.6 is 11.6 Å². The fraction of sp³-hybridized carbons (Fsp3) is 0.556. The number of halogens is 2. The van der Waals surface area contributed by atoms with Crippen molar-refractivity contribution in [1.29, 1.82) is 0 Å². The minimum atomic E-state index is -1.54. The van der Waals surface area contributed by atoms with Crippen LogP contribution in [0.5, 0.6) is 11.5 Å². The predicted octanol–water partition coefficient (Wildman–Crippen LogP) is 2.74. The molecule has 2 heterocycles. The Hall–Kier alpha value is -1.98. The first-order valence-electron chi connectivity index (χ1n) is 12.5. The van der Waals surface area contributed by atoms with Crippen molar-refractivity contribution in [3.63, 3.8) is 0 Å². The molecular formula is C27H34ClFO8. The van der Waals surface area contributed by atoms with Crippen molar-refractivity contribution in [3.8, 4) is 11.5 Å². The zero-order chi connectivity index (χ0) is 26.6. The third-order valence-corrected chi connectivity index (χ3v) is 7.11. The lowest BCUT2D eigenvalue weighted by molar-refractivity contribution is -0.232. The molecule has 0 aliphatic carbocycles. The van der Waals surface area contributed by atoms with Crippen LogP contribution in [0.25, 0.3) is 0 Å². The van der Waals surface area contributed by atoms with Gasteiger partial charge in [-0.1, -0.05) is 23.7 Å². The number of hydrogen-bond donors (Lipinski definition) is 4. The summed E-state index contributed by atoms with van der Waals surface area (Å²) in [4.78, 5) is 0. The lowest BCUT2D eigenvalue weighted by Gasteiger charge is -2.40. The summed E-state index contributed by atoms with van der Waals surface area (Å²) in [5.41, 5.74) is 0.765. The summed E-state index contributed by atoms with van der Waals surface area (Å²) in [6.45, 7) is 2.27. The van der Waals surface area contributed by atoms with E-state index in [4.69, 9.17) is 30.5 Å². The van der Waals surface area contributed by atoms with Crippen LogP contribution in [0.15, 0.2) is 36.4 Å². The number of benzene rings is 2. The minimum absolute atomic E-state index is 0.0786. The maximum absolute atomic E-state index is 14.3. The second kappa shape index (κ2) is 12.3. The van der Waals surface area contributed by atoms with Crippen LogP contribution < -0.4 is 9.47 Å². The normalized spacial score (nSPS) is 26.9. The highest BCUT2D eigenvalue weighted by Gasteiger charge is 2.45. The van der Waals surface area contributed by atoms with Gasteiger partial charge < -0.3 is 39.4 Å². The van der Waals surface area contributed by atoms with E-state index in [0.717, 1.165) is 16.9 Å². The van der Waals surface area contributed by atoms with Gasteiger partial charge in [0.2, 0.25) is 0 Å². The molecule has 8 nitrogen and oxygen atoms in total. The molecule has 0 saturated carbocycles. The second-order valence-electron chi connectivity index (χ2n) is 9.58. The molecule has 0 amide bonds. The van der Waals surface area contributed by atoms with Gasteiger partial charge in [-0.25, -0.2) is 4.39 Å². The van der Waals surface area contributed by atoms with Gasteiger partial charge in [0, 0.05) is 10.6 Å². The Morgan fingerprint density at radius 1 is 1.05 bits per heavy atom. The molecule has 0 bridgehead atoms. The summed E-state index contributed by atoms with van der Waals surface area (Å²) >= 11 is 6.62. The fourth-order valence-corrected chi connectivity index (χ4v) is 4.81. The van der Waals surface area contributed by atoms with Crippen LogP contribution in [0, 0.1) is 0 Å². The first kappa shape index (κ1) is 28.0. The molecule has 0 radical (unpaired) electrons. The van der Waals surface area contributed by atoms with Gasteiger partial charge in [0.05, 0.1) is 33.0 Å². The Balaban J connectivity index is 1.59. The summed E-state index contributed by atoms with van der Waals surface area (Å²) in [6, 6.07) is 10.9. The molecule has 5 atom stereocenters. The van der Waals surface area contributed by atoms with Gasteiger partial charge >= 0.3 is 0 Å². The number of ether oxygens (including phenoxy) is 4. The first-order chi connectivity index (χ1) is 17.7. The highest BCUT2D eigenvalue weighted by Crippen LogP contribution is 2.40. The second-order valence-corrected chi connectivity index (χ2v) is 9.99. The molecule has 10 heteroatoms. The van der Waals surface area contributed by atoms with Gasteiger partial charge in [0.15, 0.2) is 5.67 Å². The van der Waals surface area contributed by atoms with Gasteiger partial charge in [-0.05, 0) is 61.6 Å². The quantitative estimate of drug-likeness (QED) is 0.321. The van der Waals surface area contributed by atoms with E-state index >= 15 is 0 Å². The van der Waals surface area contributed by atoms with Crippen molar-refractivity contribution in [1.82, 2.24) is 0 Å². The molecule has 2 aliphatic rings. The molecule has 2 aliphatic heterocycles. The molecule has 2 saturated heterocycles. The van der Waals surface area contributed by atoms with Crippen LogP contribution in [-0.4, -0.2) is 83.5 Å². The molecule has 0 aromatic heterocycles. The number of hydrogen-bond acceptors (Lipinski definition) is 8. The smallest absolute Gasteiger partial charge is 0.157 e. The number of rotatable bonds is 11. The van der Waals surface area contributed by atoms with Gasteiger partial charge in [-0.15, -0.1) is 0 Å². The van der Waals surface area contributed by atoms with E-state index in [1.807, 2.05) is 31.2 Å². The van der Waals surface area contributed by atoms with Crippen molar-refractivity contribution < 1.29 is 43.8 Å². The monoisotopic (exact) mass is 540 g/mol. The van der Waals surface area contributed by atoms with E-state index in [1.165, 1.54) is 0 Å². The molecule has 4 rings (SSSR count). The third kappa shape index (κ3) is 6.54. The summed E-state index contributed by atoms with van der Waals surface area (Å²) < 4.78 is 36.5. The third-order valence-electron chi connectivity index (χ3n) is 6.75. The number of aliphatic hydroxyl groups excluding tert-OH is 4. The van der Waals surface area contributed by atoms with E-state index in [2.05, 4.69) is 0 Å². The fourth-order valence-electron chi connectivity index (χ4n) is 4.59. The molecule has 0 spiro atoms. The number of aliphatic hydroxyl groups is 4. The predicted molar refractivity (Wildman–Crippen MR) is 134 cm³/mol. The van der Waals surface area contributed by atoms with E-state index in [9.17, 15) is 24.8 Å². The molecule has 0 unspecified atom stereocenters. The lowest BCUT2D eigenvalue weighted by Crippen LogP contribution is -2.55. The Morgan fingerprint density at radius 3 is 2.41 bits per heavy atom. The van der Waals surface area contributed by atoms with Crippen molar-refractivity contribution in [2.75, 3.05) is 33.0 Å². The Bertz CT molecular complexity index is 1030. The maximum Gasteiger partial charge on any atom is 0.157 e. The topological polar surface area (TPSA) is 118 Å². The summed E-state index contributed by atoms with van der Waals surface area (Å²) in [6.07, 6.45) is -5.52. The molecule has 37 heavy (non-hydrogen) atoms. The number of alkyl halides is 1. The zero-order valence-electron chi connectivity index (χ0n) is 20.7. The maximum atomic E-state index is 14.3. The average molecular weight is 541 g/mol. The van der Waals surface area contributed by atoms with Crippen LogP contribution in [0.4, 0.5) is 4.39 Å². The van der Waals surface area contributed by atoms with E-state index in [0.29, 0.717) is 35.8 Å².